The highest BCUT2D eigenvalue weighted by molar-refractivity contribution is 5.84. The Bertz CT molecular complexity index is 730. The van der Waals surface area contributed by atoms with Crippen molar-refractivity contribution in [2.45, 2.75) is 6.42 Å². The maximum Gasteiger partial charge on any atom is 0.189 e. The fourth-order valence-corrected chi connectivity index (χ4v) is 1.62. The number of H-pyrrole nitrogens is 1. The molecule has 2 rings (SSSR count). The second-order valence-electron chi connectivity index (χ2n) is 3.58. The summed E-state index contributed by atoms with van der Waals surface area (Å²) in [7, 11) is 0. The molecule has 18 heavy (non-hydrogen) atoms. The van der Waals surface area contributed by atoms with Crippen molar-refractivity contribution < 1.29 is 0 Å². The predicted octanol–water partition coefficient (Wildman–Crippen LogP) is 2.58. The largest absolute Gasteiger partial charge is 0.360 e. The van der Waals surface area contributed by atoms with Gasteiger partial charge in [-0.1, -0.05) is 23.0 Å². The Labute approximate surface area is 103 Å². The third-order valence-electron chi connectivity index (χ3n) is 2.42. The minimum Gasteiger partial charge on any atom is -0.360 e. The summed E-state index contributed by atoms with van der Waals surface area (Å²) < 4.78 is 0. The number of pyridine rings is 1. The van der Waals surface area contributed by atoms with E-state index >= 15 is 0 Å². The number of rotatable bonds is 2. The van der Waals surface area contributed by atoms with E-state index in [4.69, 9.17) is 5.53 Å². The molecule has 2 aromatic rings. The van der Waals surface area contributed by atoms with Gasteiger partial charge in [0.2, 0.25) is 0 Å². The molecule has 0 radical (unpaired) electrons. The highest BCUT2D eigenvalue weighted by atomic mass is 16.1. The number of hydrogen-bond donors (Lipinski definition) is 1. The van der Waals surface area contributed by atoms with Gasteiger partial charge in [-0.05, 0) is 17.7 Å². The summed E-state index contributed by atoms with van der Waals surface area (Å²) in [5.41, 5.74) is 9.61. The Kier molecular flexibility index (Phi) is 3.65. The van der Waals surface area contributed by atoms with E-state index in [1.165, 1.54) is 6.07 Å². The molecule has 0 aliphatic carbocycles. The van der Waals surface area contributed by atoms with Crippen molar-refractivity contribution in [2.75, 3.05) is 6.54 Å². The molecule has 1 N–H and O–H groups in total. The maximum absolute atomic E-state index is 11.6. The highest BCUT2D eigenvalue weighted by Gasteiger charge is 2.00. The van der Waals surface area contributed by atoms with Gasteiger partial charge < -0.3 is 4.98 Å². The van der Waals surface area contributed by atoms with Crippen LogP contribution in [0.4, 0.5) is 0 Å². The lowest BCUT2D eigenvalue weighted by atomic mass is 10.1. The molecule has 0 aliphatic heterocycles. The van der Waals surface area contributed by atoms with Gasteiger partial charge in [0, 0.05) is 41.1 Å². The van der Waals surface area contributed by atoms with E-state index in [9.17, 15) is 4.79 Å². The molecule has 88 valence electrons. The highest BCUT2D eigenvalue weighted by Crippen LogP contribution is 2.11. The van der Waals surface area contributed by atoms with E-state index < -0.39 is 0 Å². The van der Waals surface area contributed by atoms with Crippen molar-refractivity contribution in [3.05, 3.63) is 56.7 Å². The van der Waals surface area contributed by atoms with Gasteiger partial charge in [0.05, 0.1) is 5.52 Å². The van der Waals surface area contributed by atoms with Crippen LogP contribution in [-0.4, -0.2) is 11.5 Å². The summed E-state index contributed by atoms with van der Waals surface area (Å²) in [6.07, 6.45) is 2.10. The van der Waals surface area contributed by atoms with E-state index in [1.54, 1.807) is 18.3 Å². The van der Waals surface area contributed by atoms with E-state index in [1.807, 2.05) is 6.07 Å². The zero-order valence-electron chi connectivity index (χ0n) is 9.55. The maximum atomic E-state index is 11.6. The molecule has 0 amide bonds. The molecule has 0 fully saturated rings. The summed E-state index contributed by atoms with van der Waals surface area (Å²) in [4.78, 5) is 17.3. The lowest BCUT2D eigenvalue weighted by molar-refractivity contribution is 1.01. The number of azide groups is 1. The number of aromatic nitrogens is 1. The Balaban J connectivity index is 2.37. The monoisotopic (exact) mass is 238 g/mol. The molecule has 0 bridgehead atoms. The quantitative estimate of drug-likeness (QED) is 0.282. The van der Waals surface area contributed by atoms with Gasteiger partial charge in [-0.3, -0.25) is 4.79 Å². The SMILES string of the molecule is [N-]=[N+]=NCCC#Cc1cccc2c(=O)cc[nH]c12. The van der Waals surface area contributed by atoms with Gasteiger partial charge in [0.25, 0.3) is 0 Å². The van der Waals surface area contributed by atoms with E-state index in [2.05, 4.69) is 26.9 Å². The molecule has 5 heteroatoms. The summed E-state index contributed by atoms with van der Waals surface area (Å²) in [5.74, 6) is 5.88. The van der Waals surface area contributed by atoms with Crippen molar-refractivity contribution in [1.82, 2.24) is 4.98 Å². The first-order valence-electron chi connectivity index (χ1n) is 5.43. The molecular weight excluding hydrogens is 228 g/mol. The number of nitrogens with zero attached hydrogens (tertiary/aromatic N) is 3. The third-order valence-corrected chi connectivity index (χ3v) is 2.42. The topological polar surface area (TPSA) is 81.6 Å². The van der Waals surface area contributed by atoms with E-state index in [0.717, 1.165) is 11.1 Å². The standard InChI is InChI=1S/C13H10N4O/c14-17-16-8-2-1-4-10-5-3-6-11-12(18)7-9-15-13(10)11/h3,5-7,9H,2,8H2,(H,15,18). The van der Waals surface area contributed by atoms with Gasteiger partial charge in [-0.25, -0.2) is 0 Å². The fraction of sp³-hybridized carbons (Fsp3) is 0.154. The van der Waals surface area contributed by atoms with Crippen molar-refractivity contribution >= 4 is 10.9 Å². The van der Waals surface area contributed by atoms with E-state index in [-0.39, 0.29) is 5.43 Å². The Morgan fingerprint density at radius 1 is 1.39 bits per heavy atom. The fourth-order valence-electron chi connectivity index (χ4n) is 1.62. The average molecular weight is 238 g/mol. The molecule has 0 unspecified atom stereocenters. The van der Waals surface area contributed by atoms with Crippen molar-refractivity contribution in [3.63, 3.8) is 0 Å². The second-order valence-corrected chi connectivity index (χ2v) is 3.58. The van der Waals surface area contributed by atoms with Crippen LogP contribution in [-0.2, 0) is 0 Å². The number of fused-ring (bicyclic) bond motifs is 1. The first kappa shape index (κ1) is 11.8. The Morgan fingerprint density at radius 2 is 2.28 bits per heavy atom. The summed E-state index contributed by atoms with van der Waals surface area (Å²) in [6, 6.07) is 6.90. The molecule has 0 atom stereocenters. The van der Waals surface area contributed by atoms with Gasteiger partial charge in [-0.2, -0.15) is 0 Å². The van der Waals surface area contributed by atoms with Crippen LogP contribution >= 0.6 is 0 Å². The molecule has 5 nitrogen and oxygen atoms in total. The zero-order valence-corrected chi connectivity index (χ0v) is 9.55. The van der Waals surface area contributed by atoms with Crippen LogP contribution in [0, 0.1) is 11.8 Å². The van der Waals surface area contributed by atoms with Crippen LogP contribution < -0.4 is 5.43 Å². The summed E-state index contributed by atoms with van der Waals surface area (Å²) >= 11 is 0. The van der Waals surface area contributed by atoms with Gasteiger partial charge in [0.15, 0.2) is 5.43 Å². The number of nitrogens with one attached hydrogen (secondary N) is 1. The molecule has 0 aliphatic rings. The molecule has 0 saturated heterocycles. The smallest absolute Gasteiger partial charge is 0.189 e. The number of para-hydroxylation sites is 1. The van der Waals surface area contributed by atoms with Crippen LogP contribution in [0.1, 0.15) is 12.0 Å². The first-order valence-corrected chi connectivity index (χ1v) is 5.43. The number of aromatic amines is 1. The zero-order chi connectivity index (χ0) is 12.8. The number of benzene rings is 1. The minimum atomic E-state index is -0.0264. The van der Waals surface area contributed by atoms with Crippen molar-refractivity contribution in [1.29, 1.82) is 0 Å². The van der Waals surface area contributed by atoms with Gasteiger partial charge in [-0.15, -0.1) is 0 Å². The molecule has 1 aromatic heterocycles. The molecule has 1 heterocycles. The van der Waals surface area contributed by atoms with Crippen LogP contribution in [0.25, 0.3) is 21.3 Å². The van der Waals surface area contributed by atoms with Gasteiger partial charge >= 0.3 is 0 Å². The first-order chi connectivity index (χ1) is 8.83. The van der Waals surface area contributed by atoms with Crippen molar-refractivity contribution in [2.24, 2.45) is 5.11 Å². The van der Waals surface area contributed by atoms with Crippen molar-refractivity contribution in [3.8, 4) is 11.8 Å². The number of hydrogen-bond acceptors (Lipinski definition) is 2. The van der Waals surface area contributed by atoms with Gasteiger partial charge in [0.1, 0.15) is 0 Å². The van der Waals surface area contributed by atoms with Crippen LogP contribution in [0.5, 0.6) is 0 Å². The molecule has 0 saturated carbocycles. The average Bonchev–Trinajstić information content (AvgIpc) is 2.39. The second kappa shape index (κ2) is 5.58. The molecule has 1 aromatic carbocycles. The summed E-state index contributed by atoms with van der Waals surface area (Å²) in [6.45, 7) is 0.352. The minimum absolute atomic E-state index is 0.0264. The van der Waals surface area contributed by atoms with Crippen LogP contribution in [0.2, 0.25) is 0 Å². The lowest BCUT2D eigenvalue weighted by Crippen LogP contribution is -2.00. The third kappa shape index (κ3) is 2.51. The molecular formula is C13H10N4O. The van der Waals surface area contributed by atoms with Crippen LogP contribution in [0.3, 0.4) is 0 Å². The Morgan fingerprint density at radius 3 is 3.11 bits per heavy atom. The summed E-state index contributed by atoms with van der Waals surface area (Å²) in [5, 5.41) is 4.02. The predicted molar refractivity (Wildman–Crippen MR) is 70.1 cm³/mol. The lowest BCUT2D eigenvalue weighted by Gasteiger charge is -1.98. The normalized spacial score (nSPS) is 9.33. The van der Waals surface area contributed by atoms with E-state index in [0.29, 0.717) is 18.4 Å². The molecule has 0 spiro atoms. The van der Waals surface area contributed by atoms with Crippen LogP contribution in [0.15, 0.2) is 40.4 Å². The Hall–Kier alpha value is -2.70.